The van der Waals surface area contributed by atoms with Gasteiger partial charge in [0.05, 0.1) is 20.0 Å². The maximum atomic E-state index is 12.6. The zero-order valence-corrected chi connectivity index (χ0v) is 19.6. The van der Waals surface area contributed by atoms with Crippen molar-refractivity contribution in [1.82, 2.24) is 0 Å². The summed E-state index contributed by atoms with van der Waals surface area (Å²) in [5, 5.41) is 7.88. The maximum Gasteiger partial charge on any atom is 0.255 e. The zero-order valence-electron chi connectivity index (χ0n) is 18.8. The molecule has 0 aromatic heterocycles. The molecule has 0 aliphatic heterocycles. The summed E-state index contributed by atoms with van der Waals surface area (Å²) in [7, 11) is 3.12. The molecule has 0 saturated heterocycles. The summed E-state index contributed by atoms with van der Waals surface area (Å²) in [5.41, 5.74) is 1.90. The van der Waals surface area contributed by atoms with E-state index in [1.54, 1.807) is 32.4 Å². The summed E-state index contributed by atoms with van der Waals surface area (Å²) < 4.78 is 10.5. The van der Waals surface area contributed by atoms with E-state index in [2.05, 4.69) is 10.6 Å². The lowest BCUT2D eigenvalue weighted by Crippen LogP contribution is -2.14. The van der Waals surface area contributed by atoms with Crippen molar-refractivity contribution in [3.05, 3.63) is 90.5 Å². The van der Waals surface area contributed by atoms with Gasteiger partial charge in [-0.2, -0.15) is 0 Å². The lowest BCUT2D eigenvalue weighted by molar-refractivity contribution is -0.113. The molecule has 0 radical (unpaired) electrons. The molecule has 4 rings (SSSR count). The number of hydrogen-bond acceptors (Lipinski definition) is 5. The maximum absolute atomic E-state index is 12.6. The number of benzene rings is 4. The summed E-state index contributed by atoms with van der Waals surface area (Å²) in [5.74, 6) is 1.13. The first-order valence-corrected chi connectivity index (χ1v) is 11.6. The molecule has 7 heteroatoms. The summed E-state index contributed by atoms with van der Waals surface area (Å²) in [6.07, 6.45) is 0. The van der Waals surface area contributed by atoms with Crippen LogP contribution in [0.2, 0.25) is 0 Å². The topological polar surface area (TPSA) is 76.7 Å². The van der Waals surface area contributed by atoms with E-state index in [0.717, 1.165) is 15.7 Å². The van der Waals surface area contributed by atoms with Crippen LogP contribution in [-0.2, 0) is 4.79 Å². The number of hydrogen-bond donors (Lipinski definition) is 2. The number of amides is 2. The predicted molar refractivity (Wildman–Crippen MR) is 137 cm³/mol. The van der Waals surface area contributed by atoms with Gasteiger partial charge < -0.3 is 20.1 Å². The summed E-state index contributed by atoms with van der Waals surface area (Å²) in [6.45, 7) is 0. The van der Waals surface area contributed by atoms with E-state index in [9.17, 15) is 9.59 Å². The second-order valence-corrected chi connectivity index (χ2v) is 8.53. The van der Waals surface area contributed by atoms with Gasteiger partial charge in [0.15, 0.2) is 0 Å². The molecule has 172 valence electrons. The van der Waals surface area contributed by atoms with Crippen molar-refractivity contribution in [3.63, 3.8) is 0 Å². The van der Waals surface area contributed by atoms with Crippen LogP contribution >= 0.6 is 11.8 Å². The molecule has 0 fully saturated rings. The molecule has 0 aliphatic rings. The lowest BCUT2D eigenvalue weighted by atomic mass is 10.1. The summed E-state index contributed by atoms with van der Waals surface area (Å²) >= 11 is 1.41. The first kappa shape index (κ1) is 23.2. The normalized spacial score (nSPS) is 10.5. The third kappa shape index (κ3) is 5.88. The van der Waals surface area contributed by atoms with E-state index < -0.39 is 0 Å². The Hall–Kier alpha value is -3.97. The largest absolute Gasteiger partial charge is 0.497 e. The third-order valence-electron chi connectivity index (χ3n) is 5.13. The van der Waals surface area contributed by atoms with Crippen molar-refractivity contribution in [2.45, 2.75) is 4.90 Å². The van der Waals surface area contributed by atoms with Crippen LogP contribution in [0.15, 0.2) is 89.8 Å². The average Bonchev–Trinajstić information content (AvgIpc) is 2.87. The number of carbonyl (C=O) groups excluding carboxylic acids is 2. The monoisotopic (exact) mass is 472 g/mol. The molecule has 0 saturated carbocycles. The van der Waals surface area contributed by atoms with Crippen LogP contribution < -0.4 is 20.1 Å². The molecule has 2 amide bonds. The molecule has 2 N–H and O–H groups in total. The molecule has 0 aliphatic carbocycles. The number of fused-ring (bicyclic) bond motifs is 1. The van der Waals surface area contributed by atoms with Gasteiger partial charge in [-0.05, 0) is 47.2 Å². The fraction of sp³-hybridized carbons (Fsp3) is 0.111. The Morgan fingerprint density at radius 1 is 0.735 bits per heavy atom. The number of rotatable bonds is 8. The number of ether oxygens (including phenoxy) is 2. The second kappa shape index (κ2) is 10.8. The fourth-order valence-electron chi connectivity index (χ4n) is 3.39. The predicted octanol–water partition coefficient (Wildman–Crippen LogP) is 5.84. The number of thioether (sulfide) groups is 1. The Morgan fingerprint density at radius 3 is 2.09 bits per heavy atom. The fourth-order valence-corrected chi connectivity index (χ4v) is 4.09. The SMILES string of the molecule is COc1cc(NC(=O)CSc2ccc(NC(=O)c3ccc4ccccc4c3)cc2)cc(OC)c1. The van der Waals surface area contributed by atoms with Gasteiger partial charge in [0.25, 0.3) is 5.91 Å². The Labute approximate surface area is 202 Å². The lowest BCUT2D eigenvalue weighted by Gasteiger charge is -2.10. The van der Waals surface area contributed by atoms with Gasteiger partial charge >= 0.3 is 0 Å². The van der Waals surface area contributed by atoms with E-state index in [4.69, 9.17) is 9.47 Å². The van der Waals surface area contributed by atoms with Crippen molar-refractivity contribution < 1.29 is 19.1 Å². The number of carbonyl (C=O) groups is 2. The van der Waals surface area contributed by atoms with E-state index in [-0.39, 0.29) is 17.6 Å². The molecular weight excluding hydrogens is 448 g/mol. The number of nitrogens with one attached hydrogen (secondary N) is 2. The third-order valence-corrected chi connectivity index (χ3v) is 6.14. The van der Waals surface area contributed by atoms with Crippen LogP contribution in [-0.4, -0.2) is 31.8 Å². The van der Waals surface area contributed by atoms with E-state index in [1.807, 2.05) is 66.7 Å². The van der Waals surface area contributed by atoms with Crippen LogP contribution in [0.4, 0.5) is 11.4 Å². The molecule has 34 heavy (non-hydrogen) atoms. The van der Waals surface area contributed by atoms with Gasteiger partial charge in [0.1, 0.15) is 11.5 Å². The van der Waals surface area contributed by atoms with E-state index in [1.165, 1.54) is 11.8 Å². The molecule has 0 spiro atoms. The highest BCUT2D eigenvalue weighted by molar-refractivity contribution is 8.00. The summed E-state index contributed by atoms with van der Waals surface area (Å²) in [6, 6.07) is 26.2. The molecule has 0 unspecified atom stereocenters. The highest BCUT2D eigenvalue weighted by Crippen LogP contribution is 2.26. The Balaban J connectivity index is 1.32. The van der Waals surface area contributed by atoms with Crippen LogP contribution in [0.25, 0.3) is 10.8 Å². The Bertz CT molecular complexity index is 1300. The van der Waals surface area contributed by atoms with E-state index >= 15 is 0 Å². The average molecular weight is 473 g/mol. The Kier molecular flexibility index (Phi) is 7.34. The van der Waals surface area contributed by atoms with Gasteiger partial charge in [-0.3, -0.25) is 9.59 Å². The molecule has 4 aromatic rings. The van der Waals surface area contributed by atoms with Crippen molar-refractivity contribution in [1.29, 1.82) is 0 Å². The second-order valence-electron chi connectivity index (χ2n) is 7.48. The summed E-state index contributed by atoms with van der Waals surface area (Å²) in [4.78, 5) is 25.9. The minimum atomic E-state index is -0.167. The van der Waals surface area contributed by atoms with Gasteiger partial charge in [-0.1, -0.05) is 30.3 Å². The van der Waals surface area contributed by atoms with Gasteiger partial charge in [-0.15, -0.1) is 11.8 Å². The standard InChI is InChI=1S/C27H24N2O4S/c1-32-23-14-22(15-24(16-23)33-2)28-26(30)17-34-25-11-9-21(10-12-25)29-27(31)20-8-7-18-5-3-4-6-19(18)13-20/h3-16H,17H2,1-2H3,(H,28,30)(H,29,31). The highest BCUT2D eigenvalue weighted by Gasteiger charge is 2.09. The molecule has 4 aromatic carbocycles. The molecular formula is C27H24N2O4S. The molecule has 0 bridgehead atoms. The van der Waals surface area contributed by atoms with Crippen molar-refractivity contribution in [2.24, 2.45) is 0 Å². The highest BCUT2D eigenvalue weighted by atomic mass is 32.2. The molecule has 6 nitrogen and oxygen atoms in total. The van der Waals surface area contributed by atoms with Gasteiger partial charge in [0, 0.05) is 40.0 Å². The van der Waals surface area contributed by atoms with Crippen molar-refractivity contribution in [3.8, 4) is 11.5 Å². The quantitative estimate of drug-likeness (QED) is 0.315. The number of methoxy groups -OCH3 is 2. The van der Waals surface area contributed by atoms with E-state index in [0.29, 0.717) is 28.4 Å². The van der Waals surface area contributed by atoms with Crippen LogP contribution in [0.5, 0.6) is 11.5 Å². The van der Waals surface area contributed by atoms with Crippen LogP contribution in [0, 0.1) is 0 Å². The van der Waals surface area contributed by atoms with Crippen LogP contribution in [0.3, 0.4) is 0 Å². The van der Waals surface area contributed by atoms with Gasteiger partial charge in [0.2, 0.25) is 5.91 Å². The molecule has 0 heterocycles. The smallest absolute Gasteiger partial charge is 0.255 e. The first-order valence-electron chi connectivity index (χ1n) is 10.6. The minimum Gasteiger partial charge on any atom is -0.497 e. The van der Waals surface area contributed by atoms with Crippen molar-refractivity contribution in [2.75, 3.05) is 30.6 Å². The first-order chi connectivity index (χ1) is 16.5. The molecule has 0 atom stereocenters. The Morgan fingerprint density at radius 2 is 1.41 bits per heavy atom. The zero-order chi connectivity index (χ0) is 23.9. The van der Waals surface area contributed by atoms with Gasteiger partial charge in [-0.25, -0.2) is 0 Å². The van der Waals surface area contributed by atoms with Crippen molar-refractivity contribution >= 4 is 45.7 Å². The number of anilines is 2. The minimum absolute atomic E-state index is 0.144. The van der Waals surface area contributed by atoms with Crippen LogP contribution in [0.1, 0.15) is 10.4 Å².